The van der Waals surface area contributed by atoms with E-state index in [1.54, 1.807) is 12.1 Å². The maximum Gasteiger partial charge on any atom is 0.254 e. The number of thiophene rings is 1. The summed E-state index contributed by atoms with van der Waals surface area (Å²) in [7, 11) is 0. The number of amides is 1. The van der Waals surface area contributed by atoms with E-state index in [0.717, 1.165) is 17.7 Å². The number of ketones is 1. The van der Waals surface area contributed by atoms with E-state index in [1.165, 1.54) is 23.5 Å². The van der Waals surface area contributed by atoms with Crippen LogP contribution in [0.4, 0.5) is 10.1 Å². The van der Waals surface area contributed by atoms with E-state index in [4.69, 9.17) is 0 Å². The predicted molar refractivity (Wildman–Crippen MR) is 113 cm³/mol. The van der Waals surface area contributed by atoms with E-state index in [9.17, 15) is 14.0 Å². The Morgan fingerprint density at radius 2 is 2.00 bits per heavy atom. The Balaban J connectivity index is 1.78. The van der Waals surface area contributed by atoms with Gasteiger partial charge >= 0.3 is 0 Å². The highest BCUT2D eigenvalue weighted by molar-refractivity contribution is 7.08. The van der Waals surface area contributed by atoms with Crippen molar-refractivity contribution in [2.24, 2.45) is 5.41 Å². The van der Waals surface area contributed by atoms with Crippen molar-refractivity contribution in [2.45, 2.75) is 39.5 Å². The van der Waals surface area contributed by atoms with Crippen molar-refractivity contribution in [2.75, 3.05) is 5.32 Å². The zero-order chi connectivity index (χ0) is 20.8. The summed E-state index contributed by atoms with van der Waals surface area (Å²) in [6.07, 6.45) is 1.18. The number of hydrogen-bond acceptors (Lipinski definition) is 4. The second-order valence-electron chi connectivity index (χ2n) is 8.42. The van der Waals surface area contributed by atoms with Crippen molar-refractivity contribution in [3.63, 3.8) is 0 Å². The third-order valence-corrected chi connectivity index (χ3v) is 6.18. The number of carbonyl (C=O) groups excluding carboxylic acids is 2. The normalized spacial score (nSPS) is 21.0. The van der Waals surface area contributed by atoms with Gasteiger partial charge in [0.15, 0.2) is 5.78 Å². The summed E-state index contributed by atoms with van der Waals surface area (Å²) in [6, 6.07) is 8.02. The fourth-order valence-electron chi connectivity index (χ4n) is 4.26. The quantitative estimate of drug-likeness (QED) is 0.738. The first kappa shape index (κ1) is 19.6. The average molecular weight is 411 g/mol. The van der Waals surface area contributed by atoms with Crippen molar-refractivity contribution >= 4 is 28.7 Å². The number of hydrogen-bond donors (Lipinski definition) is 2. The van der Waals surface area contributed by atoms with Gasteiger partial charge in [-0.2, -0.15) is 11.3 Å². The van der Waals surface area contributed by atoms with Crippen molar-refractivity contribution in [1.82, 2.24) is 5.32 Å². The fourth-order valence-corrected chi connectivity index (χ4v) is 4.95. The van der Waals surface area contributed by atoms with Gasteiger partial charge in [-0.1, -0.05) is 26.0 Å². The van der Waals surface area contributed by atoms with E-state index in [1.807, 2.05) is 23.8 Å². The van der Waals surface area contributed by atoms with Crippen LogP contribution in [0.15, 0.2) is 63.6 Å². The predicted octanol–water partition coefficient (Wildman–Crippen LogP) is 5.13. The molecule has 0 spiro atoms. The number of rotatable bonds is 3. The first-order valence-electron chi connectivity index (χ1n) is 9.59. The van der Waals surface area contributed by atoms with Crippen LogP contribution in [0.25, 0.3) is 0 Å². The number of anilines is 1. The van der Waals surface area contributed by atoms with Crippen LogP contribution in [0, 0.1) is 11.2 Å². The maximum absolute atomic E-state index is 14.1. The standard InChI is InChI=1S/C23H23FN2O2S/c1-13-19(22(28)26-16-7-5-4-6-15(16)24)20(14-8-9-29-12-14)21-17(25-13)10-23(2,3)11-18(21)27/h4-9,12,20,25H,10-11H2,1-3H3,(H,26,28)/t20-/m1/s1. The second-order valence-corrected chi connectivity index (χ2v) is 9.20. The van der Waals surface area contributed by atoms with Gasteiger partial charge in [-0.15, -0.1) is 0 Å². The van der Waals surface area contributed by atoms with E-state index >= 15 is 0 Å². The molecule has 1 aromatic heterocycles. The molecular formula is C23H23FN2O2S. The summed E-state index contributed by atoms with van der Waals surface area (Å²) in [5.41, 5.74) is 3.61. The molecule has 0 unspecified atom stereocenters. The molecule has 2 aliphatic rings. The molecule has 1 amide bonds. The summed E-state index contributed by atoms with van der Waals surface area (Å²) in [5.74, 6) is -1.29. The molecule has 29 heavy (non-hydrogen) atoms. The molecule has 1 aromatic carbocycles. The summed E-state index contributed by atoms with van der Waals surface area (Å²) in [6.45, 7) is 6.00. The Hall–Kier alpha value is -2.73. The fraction of sp³-hybridized carbons (Fsp3) is 0.304. The summed E-state index contributed by atoms with van der Waals surface area (Å²) in [5, 5.41) is 9.91. The largest absolute Gasteiger partial charge is 0.362 e. The minimum absolute atomic E-state index is 0.0589. The van der Waals surface area contributed by atoms with E-state index in [2.05, 4.69) is 24.5 Å². The number of allylic oxidation sites excluding steroid dienone is 3. The molecule has 1 atom stereocenters. The van der Waals surface area contributed by atoms with E-state index < -0.39 is 17.6 Å². The highest BCUT2D eigenvalue weighted by atomic mass is 32.1. The van der Waals surface area contributed by atoms with Crippen LogP contribution in [-0.2, 0) is 9.59 Å². The van der Waals surface area contributed by atoms with Gasteiger partial charge in [0.05, 0.1) is 5.69 Å². The summed E-state index contributed by atoms with van der Waals surface area (Å²) in [4.78, 5) is 26.4. The van der Waals surface area contributed by atoms with Gasteiger partial charge in [-0.3, -0.25) is 9.59 Å². The Morgan fingerprint density at radius 3 is 2.69 bits per heavy atom. The Morgan fingerprint density at radius 1 is 1.24 bits per heavy atom. The highest BCUT2D eigenvalue weighted by Gasteiger charge is 2.42. The molecule has 150 valence electrons. The van der Waals surface area contributed by atoms with Crippen LogP contribution in [0.2, 0.25) is 0 Å². The molecule has 0 fully saturated rings. The Bertz CT molecular complexity index is 1050. The smallest absolute Gasteiger partial charge is 0.254 e. The molecule has 6 heteroatoms. The summed E-state index contributed by atoms with van der Waals surface area (Å²) >= 11 is 1.53. The lowest BCUT2D eigenvalue weighted by atomic mass is 9.69. The Kier molecular flexibility index (Phi) is 4.90. The van der Waals surface area contributed by atoms with Crippen LogP contribution in [0.3, 0.4) is 0 Å². The van der Waals surface area contributed by atoms with Crippen LogP contribution >= 0.6 is 11.3 Å². The number of benzene rings is 1. The lowest BCUT2D eigenvalue weighted by molar-refractivity contribution is -0.118. The van der Waals surface area contributed by atoms with Crippen molar-refractivity contribution < 1.29 is 14.0 Å². The molecule has 2 heterocycles. The van der Waals surface area contributed by atoms with Gasteiger partial charge in [0.2, 0.25) is 0 Å². The second kappa shape index (κ2) is 7.26. The van der Waals surface area contributed by atoms with Crippen molar-refractivity contribution in [3.8, 4) is 0 Å². The van der Waals surface area contributed by atoms with Crippen LogP contribution < -0.4 is 10.6 Å². The van der Waals surface area contributed by atoms with Crippen LogP contribution in [0.5, 0.6) is 0 Å². The lowest BCUT2D eigenvalue weighted by Gasteiger charge is -2.39. The van der Waals surface area contributed by atoms with Crippen molar-refractivity contribution in [3.05, 3.63) is 75.0 Å². The molecule has 1 aliphatic heterocycles. The average Bonchev–Trinajstić information content (AvgIpc) is 3.15. The van der Waals surface area contributed by atoms with Gasteiger partial charge in [0.1, 0.15) is 5.82 Å². The molecular weight excluding hydrogens is 387 g/mol. The van der Waals surface area contributed by atoms with Gasteiger partial charge in [-0.05, 0) is 53.3 Å². The minimum Gasteiger partial charge on any atom is -0.362 e. The molecule has 4 nitrogen and oxygen atoms in total. The number of nitrogens with one attached hydrogen (secondary N) is 2. The first-order chi connectivity index (χ1) is 13.8. The lowest BCUT2D eigenvalue weighted by Crippen LogP contribution is -2.39. The molecule has 0 bridgehead atoms. The molecule has 1 aliphatic carbocycles. The third kappa shape index (κ3) is 3.65. The number of halogens is 1. The number of carbonyl (C=O) groups is 2. The molecule has 0 radical (unpaired) electrons. The molecule has 2 aromatic rings. The topological polar surface area (TPSA) is 58.2 Å². The van der Waals surface area contributed by atoms with E-state index in [0.29, 0.717) is 23.3 Å². The van der Waals surface area contributed by atoms with E-state index in [-0.39, 0.29) is 16.9 Å². The van der Waals surface area contributed by atoms with Crippen LogP contribution in [-0.4, -0.2) is 11.7 Å². The monoisotopic (exact) mass is 410 g/mol. The van der Waals surface area contributed by atoms with Crippen molar-refractivity contribution in [1.29, 1.82) is 0 Å². The number of Topliss-reactive ketones (excluding diaryl/α,β-unsaturated/α-hetero) is 1. The zero-order valence-electron chi connectivity index (χ0n) is 16.6. The number of para-hydroxylation sites is 1. The first-order valence-corrected chi connectivity index (χ1v) is 10.5. The van der Waals surface area contributed by atoms with Gasteiger partial charge in [0.25, 0.3) is 5.91 Å². The third-order valence-electron chi connectivity index (χ3n) is 5.48. The molecule has 2 N–H and O–H groups in total. The molecule has 0 saturated carbocycles. The highest BCUT2D eigenvalue weighted by Crippen LogP contribution is 2.47. The molecule has 4 rings (SSSR count). The maximum atomic E-state index is 14.1. The minimum atomic E-state index is -0.495. The van der Waals surface area contributed by atoms with Crippen LogP contribution in [0.1, 0.15) is 45.1 Å². The van der Waals surface area contributed by atoms with Gasteiger partial charge in [0, 0.05) is 34.9 Å². The number of dihydropyridines is 1. The summed E-state index contributed by atoms with van der Waals surface area (Å²) < 4.78 is 14.1. The molecule has 0 saturated heterocycles. The SMILES string of the molecule is CC1=C(C(=O)Nc2ccccc2F)[C@@H](c2ccsc2)C2=C(CC(C)(C)CC2=O)N1. The zero-order valence-corrected chi connectivity index (χ0v) is 17.5. The Labute approximate surface area is 173 Å². The van der Waals surface area contributed by atoms with Gasteiger partial charge in [-0.25, -0.2) is 4.39 Å². The van der Waals surface area contributed by atoms with Gasteiger partial charge < -0.3 is 10.6 Å².